The highest BCUT2D eigenvalue weighted by atomic mass is 35.5. The first-order valence-corrected chi connectivity index (χ1v) is 5.40. The van der Waals surface area contributed by atoms with Crippen LogP contribution in [-0.2, 0) is 0 Å². The summed E-state index contributed by atoms with van der Waals surface area (Å²) in [6, 6.07) is 14.2. The van der Waals surface area contributed by atoms with E-state index in [0.29, 0.717) is 0 Å². The molecule has 84 valence electrons. The van der Waals surface area contributed by atoms with E-state index in [4.69, 9.17) is 11.6 Å². The number of halogens is 2. The third-order valence-electron chi connectivity index (χ3n) is 1.99. The quantitative estimate of drug-likeness (QED) is 0.617. The first-order valence-electron chi connectivity index (χ1n) is 5.02. The summed E-state index contributed by atoms with van der Waals surface area (Å²) < 4.78 is 12.1. The third kappa shape index (κ3) is 4.94. The maximum absolute atomic E-state index is 12.1. The summed E-state index contributed by atoms with van der Waals surface area (Å²) in [5, 5.41) is 0.810. The molecule has 2 heteroatoms. The standard InChI is InChI=1S/C7H7Cl.C7H7F/c1-6-3-2-4-7(8)5-6;1-6-2-4-7(8)5-3-6/h2*2-5H,1H3. The Kier molecular flexibility index (Phi) is 5.00. The monoisotopic (exact) mass is 236 g/mol. The Labute approximate surface area is 101 Å². The minimum absolute atomic E-state index is 0.171. The van der Waals surface area contributed by atoms with Crippen molar-refractivity contribution in [2.24, 2.45) is 0 Å². The fraction of sp³-hybridized carbons (Fsp3) is 0.143. The van der Waals surface area contributed by atoms with Gasteiger partial charge < -0.3 is 0 Å². The van der Waals surface area contributed by atoms with Gasteiger partial charge in [-0.2, -0.15) is 0 Å². The van der Waals surface area contributed by atoms with Gasteiger partial charge in [-0.05, 0) is 43.7 Å². The molecule has 0 saturated heterocycles. The maximum atomic E-state index is 12.1. The smallest absolute Gasteiger partial charge is 0.123 e. The second-order valence-corrected chi connectivity index (χ2v) is 4.03. The van der Waals surface area contributed by atoms with Gasteiger partial charge in [-0.25, -0.2) is 4.39 Å². The van der Waals surface area contributed by atoms with E-state index in [-0.39, 0.29) is 5.82 Å². The molecule has 0 radical (unpaired) electrons. The molecule has 0 aromatic heterocycles. The predicted molar refractivity (Wildman–Crippen MR) is 67.3 cm³/mol. The molecule has 2 aromatic rings. The Morgan fingerprint density at radius 2 is 1.50 bits per heavy atom. The molecule has 0 bridgehead atoms. The summed E-state index contributed by atoms with van der Waals surface area (Å²) in [5.74, 6) is -0.171. The van der Waals surface area contributed by atoms with Crippen LogP contribution in [0.5, 0.6) is 0 Å². The minimum atomic E-state index is -0.171. The first kappa shape index (κ1) is 12.7. The molecule has 0 atom stereocenters. The molecule has 0 saturated carbocycles. The fourth-order valence-electron chi connectivity index (χ4n) is 1.14. The summed E-state index contributed by atoms with van der Waals surface area (Å²) in [4.78, 5) is 0. The highest BCUT2D eigenvalue weighted by Crippen LogP contribution is 2.08. The SMILES string of the molecule is Cc1ccc(F)cc1.Cc1cccc(Cl)c1. The van der Waals surface area contributed by atoms with Crippen LogP contribution in [0.3, 0.4) is 0 Å². The van der Waals surface area contributed by atoms with Crippen molar-refractivity contribution in [2.45, 2.75) is 13.8 Å². The zero-order chi connectivity index (χ0) is 12.0. The van der Waals surface area contributed by atoms with Crippen LogP contribution >= 0.6 is 11.6 Å². The van der Waals surface area contributed by atoms with Crippen molar-refractivity contribution in [3.05, 3.63) is 70.5 Å². The lowest BCUT2D eigenvalue weighted by atomic mass is 10.2. The van der Waals surface area contributed by atoms with Gasteiger partial charge in [0.2, 0.25) is 0 Å². The lowest BCUT2D eigenvalue weighted by Crippen LogP contribution is -1.71. The molecule has 0 heterocycles. The van der Waals surface area contributed by atoms with Crippen LogP contribution in [0.1, 0.15) is 11.1 Å². The number of hydrogen-bond donors (Lipinski definition) is 0. The van der Waals surface area contributed by atoms with Gasteiger partial charge in [0, 0.05) is 5.02 Å². The third-order valence-corrected chi connectivity index (χ3v) is 2.23. The molecule has 16 heavy (non-hydrogen) atoms. The lowest BCUT2D eigenvalue weighted by Gasteiger charge is -1.88. The second kappa shape index (κ2) is 6.29. The van der Waals surface area contributed by atoms with Gasteiger partial charge in [-0.15, -0.1) is 0 Å². The molecular weight excluding hydrogens is 223 g/mol. The molecule has 2 aromatic carbocycles. The zero-order valence-electron chi connectivity index (χ0n) is 9.37. The number of rotatable bonds is 0. The molecule has 0 spiro atoms. The van der Waals surface area contributed by atoms with Gasteiger partial charge in [0.1, 0.15) is 5.82 Å². The zero-order valence-corrected chi connectivity index (χ0v) is 10.1. The molecule has 0 aliphatic rings. The van der Waals surface area contributed by atoms with Crippen LogP contribution in [-0.4, -0.2) is 0 Å². The van der Waals surface area contributed by atoms with E-state index >= 15 is 0 Å². The summed E-state index contributed by atoms with van der Waals surface area (Å²) >= 11 is 5.64. The van der Waals surface area contributed by atoms with E-state index in [1.165, 1.54) is 17.7 Å². The molecule has 0 fully saturated rings. The van der Waals surface area contributed by atoms with E-state index in [1.54, 1.807) is 12.1 Å². The molecule has 0 amide bonds. The van der Waals surface area contributed by atoms with Crippen molar-refractivity contribution in [2.75, 3.05) is 0 Å². The summed E-state index contributed by atoms with van der Waals surface area (Å²) in [5.41, 5.74) is 2.30. The first-order chi connectivity index (χ1) is 7.58. The van der Waals surface area contributed by atoms with Crippen molar-refractivity contribution in [1.29, 1.82) is 0 Å². The van der Waals surface area contributed by atoms with E-state index in [1.807, 2.05) is 38.1 Å². The summed E-state index contributed by atoms with van der Waals surface area (Å²) in [6.45, 7) is 3.95. The van der Waals surface area contributed by atoms with Gasteiger partial charge >= 0.3 is 0 Å². The highest BCUT2D eigenvalue weighted by molar-refractivity contribution is 6.30. The van der Waals surface area contributed by atoms with Crippen LogP contribution in [0.15, 0.2) is 48.5 Å². The van der Waals surface area contributed by atoms with E-state index in [9.17, 15) is 4.39 Å². The Hall–Kier alpha value is -1.34. The van der Waals surface area contributed by atoms with Crippen LogP contribution in [0.25, 0.3) is 0 Å². The Bertz CT molecular complexity index is 396. The number of aryl methyl sites for hydroxylation is 2. The van der Waals surface area contributed by atoms with Gasteiger partial charge in [0.25, 0.3) is 0 Å². The van der Waals surface area contributed by atoms with Crippen molar-refractivity contribution >= 4 is 11.6 Å². The van der Waals surface area contributed by atoms with Crippen LogP contribution in [0.4, 0.5) is 4.39 Å². The summed E-state index contributed by atoms with van der Waals surface area (Å²) in [6.07, 6.45) is 0. The normalized spacial score (nSPS) is 9.25. The molecule has 0 unspecified atom stereocenters. The second-order valence-electron chi connectivity index (χ2n) is 3.59. The topological polar surface area (TPSA) is 0 Å². The van der Waals surface area contributed by atoms with Gasteiger partial charge in [0.15, 0.2) is 0 Å². The Morgan fingerprint density at radius 3 is 1.88 bits per heavy atom. The average molecular weight is 237 g/mol. The van der Waals surface area contributed by atoms with Crippen LogP contribution < -0.4 is 0 Å². The van der Waals surface area contributed by atoms with Crippen molar-refractivity contribution < 1.29 is 4.39 Å². The lowest BCUT2D eigenvalue weighted by molar-refractivity contribution is 0.627. The molecule has 0 nitrogen and oxygen atoms in total. The largest absolute Gasteiger partial charge is 0.207 e. The van der Waals surface area contributed by atoms with Crippen molar-refractivity contribution in [3.63, 3.8) is 0 Å². The Balaban J connectivity index is 0.000000160. The highest BCUT2D eigenvalue weighted by Gasteiger charge is 1.84. The maximum Gasteiger partial charge on any atom is 0.123 e. The Morgan fingerprint density at radius 1 is 0.875 bits per heavy atom. The summed E-state index contributed by atoms with van der Waals surface area (Å²) in [7, 11) is 0. The van der Waals surface area contributed by atoms with Crippen molar-refractivity contribution in [1.82, 2.24) is 0 Å². The van der Waals surface area contributed by atoms with Crippen molar-refractivity contribution in [3.8, 4) is 0 Å². The molecule has 2 rings (SSSR count). The van der Waals surface area contributed by atoms with Crippen LogP contribution in [0.2, 0.25) is 5.02 Å². The molecule has 0 aliphatic heterocycles. The van der Waals surface area contributed by atoms with Gasteiger partial charge in [-0.1, -0.05) is 41.4 Å². The van der Waals surface area contributed by atoms with E-state index in [0.717, 1.165) is 10.6 Å². The number of benzene rings is 2. The molecule has 0 N–H and O–H groups in total. The van der Waals surface area contributed by atoms with Gasteiger partial charge in [-0.3, -0.25) is 0 Å². The average Bonchev–Trinajstić information content (AvgIpc) is 2.23. The minimum Gasteiger partial charge on any atom is -0.207 e. The van der Waals surface area contributed by atoms with E-state index in [2.05, 4.69) is 0 Å². The van der Waals surface area contributed by atoms with Gasteiger partial charge in [0.05, 0.1) is 0 Å². The number of hydrogen-bond acceptors (Lipinski definition) is 0. The predicted octanol–water partition coefficient (Wildman–Crippen LogP) is 4.78. The molecule has 0 aliphatic carbocycles. The molecular formula is C14H14ClF. The van der Waals surface area contributed by atoms with E-state index < -0.39 is 0 Å². The fourth-order valence-corrected chi connectivity index (χ4v) is 1.38. The van der Waals surface area contributed by atoms with Crippen LogP contribution in [0, 0.1) is 19.7 Å².